The predicted molar refractivity (Wildman–Crippen MR) is 150 cm³/mol. The summed E-state index contributed by atoms with van der Waals surface area (Å²) in [6.45, 7) is 28.5. The molecule has 1 saturated heterocycles. The van der Waals surface area contributed by atoms with E-state index in [0.29, 0.717) is 19.8 Å². The molecule has 1 fully saturated rings. The number of hydrogen-bond acceptors (Lipinski definition) is 6. The Hall–Kier alpha value is -0.786. The molecule has 212 valence electrons. The number of nitrogens with one attached hydrogen (secondary N) is 1. The quantitative estimate of drug-likeness (QED) is 0.319. The molecule has 10 heteroatoms. The summed E-state index contributed by atoms with van der Waals surface area (Å²) in [5, 5.41) is 2.99. The smallest absolute Gasteiger partial charge is 0.249 e. The van der Waals surface area contributed by atoms with Gasteiger partial charge in [0, 0.05) is 19.2 Å². The highest BCUT2D eigenvalue weighted by Gasteiger charge is 2.55. The Morgan fingerprint density at radius 3 is 1.81 bits per heavy atom. The Kier molecular flexibility index (Phi) is 11.0. The number of nitrogens with zero attached hydrogens (tertiary/aromatic N) is 1. The molecule has 0 bridgehead atoms. The van der Waals surface area contributed by atoms with Crippen LogP contribution in [0.25, 0.3) is 0 Å². The number of methoxy groups -OCH3 is 1. The molecule has 0 saturated carbocycles. The van der Waals surface area contributed by atoms with E-state index in [4.69, 9.17) is 18.3 Å². The van der Waals surface area contributed by atoms with Gasteiger partial charge in [0.05, 0.1) is 19.3 Å². The maximum atomic E-state index is 13.7. The van der Waals surface area contributed by atoms with E-state index in [-0.39, 0.29) is 28.5 Å². The standard InChI is InChI=1S/C26H54N2O6Si2/c1-24(2,3)27-23(30)21-22(34-36(13,14)26(7,8)9)19(33-35(11,12)25(4,5)6)17-28(21)20(29)18-32-16-15-31-10/h19,21-22H,15-18H2,1-14H3,(H,27,30)/t19-,21?,22+/m0/s1. The molecular weight excluding hydrogens is 492 g/mol. The zero-order valence-electron chi connectivity index (χ0n) is 25.5. The minimum absolute atomic E-state index is 0.0294. The summed E-state index contributed by atoms with van der Waals surface area (Å²) in [5.41, 5.74) is -0.458. The minimum atomic E-state index is -2.31. The number of rotatable bonds is 10. The van der Waals surface area contributed by atoms with Gasteiger partial charge < -0.3 is 28.5 Å². The summed E-state index contributed by atoms with van der Waals surface area (Å²) in [6.07, 6.45) is -0.969. The Balaban J connectivity index is 3.50. The van der Waals surface area contributed by atoms with E-state index in [2.05, 4.69) is 73.0 Å². The van der Waals surface area contributed by atoms with Crippen molar-refractivity contribution in [3.8, 4) is 0 Å². The molecule has 0 aromatic rings. The molecule has 1 heterocycles. The van der Waals surface area contributed by atoms with Gasteiger partial charge in [-0.1, -0.05) is 41.5 Å². The van der Waals surface area contributed by atoms with E-state index >= 15 is 0 Å². The van der Waals surface area contributed by atoms with Crippen molar-refractivity contribution in [2.45, 2.75) is 122 Å². The van der Waals surface area contributed by atoms with E-state index in [1.807, 2.05) is 20.8 Å². The van der Waals surface area contributed by atoms with Crippen LogP contribution >= 0.6 is 0 Å². The first kappa shape index (κ1) is 33.2. The Morgan fingerprint density at radius 2 is 1.36 bits per heavy atom. The van der Waals surface area contributed by atoms with Gasteiger partial charge in [-0.2, -0.15) is 0 Å². The zero-order chi connectivity index (χ0) is 28.3. The molecule has 3 atom stereocenters. The topological polar surface area (TPSA) is 86.3 Å². The second kappa shape index (κ2) is 11.9. The van der Waals surface area contributed by atoms with Gasteiger partial charge in [0.15, 0.2) is 16.6 Å². The maximum absolute atomic E-state index is 13.7. The predicted octanol–water partition coefficient (Wildman–Crippen LogP) is 4.56. The van der Waals surface area contributed by atoms with E-state index < -0.39 is 40.4 Å². The van der Waals surface area contributed by atoms with Crippen molar-refractivity contribution in [3.63, 3.8) is 0 Å². The molecular formula is C26H54N2O6Si2. The highest BCUT2D eigenvalue weighted by Crippen LogP contribution is 2.43. The van der Waals surface area contributed by atoms with Crippen LogP contribution in [0.4, 0.5) is 0 Å². The largest absolute Gasteiger partial charge is 0.409 e. The molecule has 1 aliphatic heterocycles. The number of carbonyl (C=O) groups is 2. The van der Waals surface area contributed by atoms with Gasteiger partial charge in [-0.15, -0.1) is 0 Å². The molecule has 0 radical (unpaired) electrons. The average molecular weight is 547 g/mol. The van der Waals surface area contributed by atoms with E-state index in [1.54, 1.807) is 12.0 Å². The summed E-state index contributed by atoms with van der Waals surface area (Å²) in [7, 11) is -2.95. The SMILES string of the molecule is COCCOCC(=O)N1C[C@H](O[Si](C)(C)C(C)(C)C)[C@@H](O[Si](C)(C)C(C)(C)C)C1C(=O)NC(C)(C)C. The van der Waals surface area contributed by atoms with Crippen molar-refractivity contribution in [2.75, 3.05) is 33.5 Å². The van der Waals surface area contributed by atoms with Gasteiger partial charge in [0.2, 0.25) is 11.8 Å². The second-order valence-electron chi connectivity index (χ2n) is 14.0. The summed E-state index contributed by atoms with van der Waals surface area (Å²) in [6, 6.07) is -0.799. The van der Waals surface area contributed by atoms with Crippen molar-refractivity contribution < 1.29 is 27.9 Å². The fraction of sp³-hybridized carbons (Fsp3) is 0.923. The lowest BCUT2D eigenvalue weighted by molar-refractivity contribution is -0.144. The third-order valence-electron chi connectivity index (χ3n) is 7.62. The Labute approximate surface area is 222 Å². The molecule has 36 heavy (non-hydrogen) atoms. The van der Waals surface area contributed by atoms with Crippen LogP contribution in [0.15, 0.2) is 0 Å². The van der Waals surface area contributed by atoms with Crippen molar-refractivity contribution in [2.24, 2.45) is 0 Å². The third-order valence-corrected chi connectivity index (χ3v) is 16.6. The van der Waals surface area contributed by atoms with Crippen molar-refractivity contribution >= 4 is 28.4 Å². The van der Waals surface area contributed by atoms with Crippen LogP contribution in [0.2, 0.25) is 36.3 Å². The molecule has 1 aliphatic rings. The molecule has 0 aliphatic carbocycles. The first-order valence-corrected chi connectivity index (χ1v) is 18.9. The molecule has 2 amide bonds. The van der Waals surface area contributed by atoms with Crippen molar-refractivity contribution in [3.05, 3.63) is 0 Å². The van der Waals surface area contributed by atoms with Gasteiger partial charge in [-0.25, -0.2) is 0 Å². The highest BCUT2D eigenvalue weighted by molar-refractivity contribution is 6.74. The van der Waals surface area contributed by atoms with E-state index in [0.717, 1.165) is 0 Å². The number of carbonyl (C=O) groups excluding carboxylic acids is 2. The normalized spacial score (nSPS) is 22.2. The van der Waals surface area contributed by atoms with Crippen molar-refractivity contribution in [1.82, 2.24) is 10.2 Å². The van der Waals surface area contributed by atoms with E-state index in [1.165, 1.54) is 0 Å². The Bertz CT molecular complexity index is 753. The second-order valence-corrected chi connectivity index (χ2v) is 23.5. The number of ether oxygens (including phenoxy) is 2. The number of amides is 2. The van der Waals surface area contributed by atoms with Crippen molar-refractivity contribution in [1.29, 1.82) is 0 Å². The first-order chi connectivity index (χ1) is 16.0. The highest BCUT2D eigenvalue weighted by atomic mass is 28.4. The number of likely N-dealkylation sites (tertiary alicyclic amines) is 1. The molecule has 1 rings (SSSR count). The Morgan fingerprint density at radius 1 is 0.861 bits per heavy atom. The van der Waals surface area contributed by atoms with Gasteiger partial charge in [0.1, 0.15) is 18.8 Å². The fourth-order valence-corrected chi connectivity index (χ4v) is 6.12. The molecule has 1 unspecified atom stereocenters. The van der Waals surface area contributed by atoms with E-state index in [9.17, 15) is 9.59 Å². The molecule has 0 spiro atoms. The molecule has 1 N–H and O–H groups in total. The minimum Gasteiger partial charge on any atom is -0.409 e. The van der Waals surface area contributed by atoms with Crippen LogP contribution in [0.1, 0.15) is 62.3 Å². The maximum Gasteiger partial charge on any atom is 0.249 e. The lowest BCUT2D eigenvalue weighted by atomic mass is 10.1. The zero-order valence-corrected chi connectivity index (χ0v) is 27.5. The molecule has 0 aromatic heterocycles. The number of hydrogen-bond donors (Lipinski definition) is 1. The third kappa shape index (κ3) is 8.90. The summed E-state index contributed by atoms with van der Waals surface area (Å²) < 4.78 is 24.4. The van der Waals surface area contributed by atoms with Crippen LogP contribution in [-0.2, 0) is 27.9 Å². The molecule has 0 aromatic carbocycles. The van der Waals surface area contributed by atoms with Crippen LogP contribution in [0.5, 0.6) is 0 Å². The fourth-order valence-electron chi connectivity index (χ4n) is 3.48. The lowest BCUT2D eigenvalue weighted by Crippen LogP contribution is -2.59. The summed E-state index contributed by atoms with van der Waals surface area (Å²) >= 11 is 0. The lowest BCUT2D eigenvalue weighted by Gasteiger charge is -2.43. The van der Waals surface area contributed by atoms with Gasteiger partial charge in [-0.3, -0.25) is 9.59 Å². The van der Waals surface area contributed by atoms with Gasteiger partial charge in [-0.05, 0) is 57.0 Å². The van der Waals surface area contributed by atoms with Gasteiger partial charge in [0.25, 0.3) is 0 Å². The van der Waals surface area contributed by atoms with Crippen LogP contribution in [-0.4, -0.2) is 90.6 Å². The summed E-state index contributed by atoms with van der Waals surface area (Å²) in [4.78, 5) is 28.7. The van der Waals surface area contributed by atoms with Crippen LogP contribution < -0.4 is 5.32 Å². The summed E-state index contributed by atoms with van der Waals surface area (Å²) in [5.74, 6) is -0.469. The average Bonchev–Trinajstić information content (AvgIpc) is 2.99. The van der Waals surface area contributed by atoms with Crippen LogP contribution in [0, 0.1) is 0 Å². The first-order valence-electron chi connectivity index (χ1n) is 13.1. The van der Waals surface area contributed by atoms with Gasteiger partial charge >= 0.3 is 0 Å². The van der Waals surface area contributed by atoms with Crippen LogP contribution in [0.3, 0.4) is 0 Å². The monoisotopic (exact) mass is 546 g/mol. The molecule has 8 nitrogen and oxygen atoms in total.